The first-order chi connectivity index (χ1) is 7.25. The van der Waals surface area contributed by atoms with Gasteiger partial charge >= 0.3 is 0 Å². The number of benzene rings is 1. The summed E-state index contributed by atoms with van der Waals surface area (Å²) in [5, 5.41) is 6.90. The molecule has 2 nitrogen and oxygen atoms in total. The highest BCUT2D eigenvalue weighted by atomic mass is 19.1. The third-order valence-electron chi connectivity index (χ3n) is 2.97. The van der Waals surface area contributed by atoms with Crippen molar-refractivity contribution in [3.05, 3.63) is 35.6 Å². The summed E-state index contributed by atoms with van der Waals surface area (Å²) in [4.78, 5) is 0. The zero-order chi connectivity index (χ0) is 10.7. The van der Waals surface area contributed by atoms with Gasteiger partial charge < -0.3 is 10.6 Å². The Kier molecular flexibility index (Phi) is 3.34. The number of hydrogen-bond acceptors (Lipinski definition) is 2. The Bertz CT molecular complexity index is 310. The summed E-state index contributed by atoms with van der Waals surface area (Å²) in [6.45, 7) is 4.22. The van der Waals surface area contributed by atoms with Gasteiger partial charge in [-0.3, -0.25) is 0 Å². The summed E-state index contributed by atoms with van der Waals surface area (Å²) < 4.78 is 12.7. The van der Waals surface area contributed by atoms with Gasteiger partial charge in [0.15, 0.2) is 0 Å². The number of rotatable bonds is 2. The number of piperazine rings is 1. The number of halogens is 1. The van der Waals surface area contributed by atoms with Crippen molar-refractivity contribution < 1.29 is 4.39 Å². The lowest BCUT2D eigenvalue weighted by Gasteiger charge is -2.31. The van der Waals surface area contributed by atoms with Crippen LogP contribution in [0.3, 0.4) is 0 Å². The molecule has 1 saturated heterocycles. The predicted octanol–water partition coefficient (Wildman–Crippen LogP) is 1.32. The molecule has 0 saturated carbocycles. The molecule has 3 heteroatoms. The molecular formula is C12H17FN2. The van der Waals surface area contributed by atoms with E-state index in [1.807, 2.05) is 12.1 Å². The van der Waals surface area contributed by atoms with Crippen molar-refractivity contribution in [1.29, 1.82) is 0 Å². The normalized spacial score (nSPS) is 26.5. The first kappa shape index (κ1) is 10.6. The molecule has 0 radical (unpaired) electrons. The summed E-state index contributed by atoms with van der Waals surface area (Å²) in [6, 6.07) is 7.69. The Morgan fingerprint density at radius 2 is 1.87 bits per heavy atom. The van der Waals surface area contributed by atoms with Gasteiger partial charge in [-0.1, -0.05) is 12.1 Å². The first-order valence-corrected chi connectivity index (χ1v) is 5.47. The smallest absolute Gasteiger partial charge is 0.123 e. The SMILES string of the molecule is CC1NCCNC1Cc1ccc(F)cc1. The third-order valence-corrected chi connectivity index (χ3v) is 2.97. The van der Waals surface area contributed by atoms with Gasteiger partial charge in [0.25, 0.3) is 0 Å². The van der Waals surface area contributed by atoms with Gasteiger partial charge in [0.1, 0.15) is 5.82 Å². The van der Waals surface area contributed by atoms with Crippen molar-refractivity contribution in [1.82, 2.24) is 10.6 Å². The van der Waals surface area contributed by atoms with Gasteiger partial charge in [0, 0.05) is 25.2 Å². The predicted molar refractivity (Wildman–Crippen MR) is 59.4 cm³/mol. The van der Waals surface area contributed by atoms with Gasteiger partial charge in [0.05, 0.1) is 0 Å². The number of hydrogen-bond donors (Lipinski definition) is 2. The van der Waals surface area contributed by atoms with E-state index in [1.165, 1.54) is 17.7 Å². The molecule has 0 amide bonds. The lowest BCUT2D eigenvalue weighted by atomic mass is 9.99. The standard InChI is InChI=1S/C12H17FN2/c1-9-12(15-7-6-14-9)8-10-2-4-11(13)5-3-10/h2-5,9,12,14-15H,6-8H2,1H3. The second-order valence-corrected chi connectivity index (χ2v) is 4.13. The lowest BCUT2D eigenvalue weighted by Crippen LogP contribution is -2.55. The van der Waals surface area contributed by atoms with Gasteiger partial charge in [-0.05, 0) is 31.0 Å². The van der Waals surface area contributed by atoms with Crippen LogP contribution < -0.4 is 10.6 Å². The fourth-order valence-corrected chi connectivity index (χ4v) is 2.00. The summed E-state index contributed by atoms with van der Waals surface area (Å²) in [5.74, 6) is -0.165. The molecule has 0 aromatic heterocycles. The van der Waals surface area contributed by atoms with Crippen molar-refractivity contribution in [2.24, 2.45) is 0 Å². The molecule has 1 aliphatic heterocycles. The van der Waals surface area contributed by atoms with Crippen LogP contribution in [0.1, 0.15) is 12.5 Å². The number of nitrogens with one attached hydrogen (secondary N) is 2. The average molecular weight is 208 g/mol. The van der Waals surface area contributed by atoms with E-state index in [0.29, 0.717) is 12.1 Å². The Morgan fingerprint density at radius 3 is 2.53 bits per heavy atom. The highest BCUT2D eigenvalue weighted by molar-refractivity contribution is 5.17. The summed E-state index contributed by atoms with van der Waals surface area (Å²) >= 11 is 0. The highest BCUT2D eigenvalue weighted by Crippen LogP contribution is 2.09. The maximum absolute atomic E-state index is 12.7. The Hall–Kier alpha value is -0.930. The van der Waals surface area contributed by atoms with E-state index in [1.54, 1.807) is 0 Å². The second-order valence-electron chi connectivity index (χ2n) is 4.13. The highest BCUT2D eigenvalue weighted by Gasteiger charge is 2.19. The summed E-state index contributed by atoms with van der Waals surface area (Å²) in [6.07, 6.45) is 0.953. The van der Waals surface area contributed by atoms with E-state index in [9.17, 15) is 4.39 Å². The van der Waals surface area contributed by atoms with E-state index in [-0.39, 0.29) is 5.82 Å². The minimum absolute atomic E-state index is 0.165. The van der Waals surface area contributed by atoms with E-state index >= 15 is 0 Å². The van der Waals surface area contributed by atoms with Crippen LogP contribution in [-0.4, -0.2) is 25.2 Å². The molecule has 1 fully saturated rings. The van der Waals surface area contributed by atoms with E-state index in [0.717, 1.165) is 19.5 Å². The van der Waals surface area contributed by atoms with Gasteiger partial charge in [-0.2, -0.15) is 0 Å². The quantitative estimate of drug-likeness (QED) is 0.766. The zero-order valence-electron chi connectivity index (χ0n) is 8.96. The largest absolute Gasteiger partial charge is 0.311 e. The van der Waals surface area contributed by atoms with Gasteiger partial charge in [-0.25, -0.2) is 4.39 Å². The van der Waals surface area contributed by atoms with Crippen molar-refractivity contribution in [2.75, 3.05) is 13.1 Å². The topological polar surface area (TPSA) is 24.1 Å². The second kappa shape index (κ2) is 4.73. The minimum Gasteiger partial charge on any atom is -0.311 e. The third kappa shape index (κ3) is 2.76. The molecule has 2 rings (SSSR count). The van der Waals surface area contributed by atoms with Crippen molar-refractivity contribution >= 4 is 0 Å². The minimum atomic E-state index is -0.165. The van der Waals surface area contributed by atoms with Crippen LogP contribution in [0.2, 0.25) is 0 Å². The summed E-state index contributed by atoms with van der Waals surface area (Å²) in [5.41, 5.74) is 1.18. The van der Waals surface area contributed by atoms with Crippen LogP contribution in [0.15, 0.2) is 24.3 Å². The molecule has 0 bridgehead atoms. The molecule has 2 N–H and O–H groups in total. The van der Waals surface area contributed by atoms with Gasteiger partial charge in [-0.15, -0.1) is 0 Å². The molecule has 0 spiro atoms. The molecular weight excluding hydrogens is 191 g/mol. The monoisotopic (exact) mass is 208 g/mol. The Balaban J connectivity index is 1.98. The lowest BCUT2D eigenvalue weighted by molar-refractivity contribution is 0.336. The van der Waals surface area contributed by atoms with Crippen molar-refractivity contribution in [3.8, 4) is 0 Å². The van der Waals surface area contributed by atoms with Crippen LogP contribution in [0.4, 0.5) is 4.39 Å². The molecule has 1 aliphatic rings. The molecule has 1 aromatic carbocycles. The van der Waals surface area contributed by atoms with Crippen molar-refractivity contribution in [3.63, 3.8) is 0 Å². The van der Waals surface area contributed by atoms with E-state index in [2.05, 4.69) is 17.6 Å². The average Bonchev–Trinajstić information content (AvgIpc) is 2.25. The Labute approximate surface area is 89.9 Å². The van der Waals surface area contributed by atoms with Crippen LogP contribution >= 0.6 is 0 Å². The molecule has 2 atom stereocenters. The maximum atomic E-state index is 12.7. The summed E-state index contributed by atoms with van der Waals surface area (Å²) in [7, 11) is 0. The van der Waals surface area contributed by atoms with Crippen LogP contribution in [0.25, 0.3) is 0 Å². The van der Waals surface area contributed by atoms with E-state index < -0.39 is 0 Å². The molecule has 82 valence electrons. The molecule has 15 heavy (non-hydrogen) atoms. The Morgan fingerprint density at radius 1 is 1.20 bits per heavy atom. The molecule has 1 heterocycles. The van der Waals surface area contributed by atoms with E-state index in [4.69, 9.17) is 0 Å². The molecule has 0 aliphatic carbocycles. The van der Waals surface area contributed by atoms with Crippen LogP contribution in [0.5, 0.6) is 0 Å². The first-order valence-electron chi connectivity index (χ1n) is 5.47. The fourth-order valence-electron chi connectivity index (χ4n) is 2.00. The molecule has 2 unspecified atom stereocenters. The van der Waals surface area contributed by atoms with Crippen LogP contribution in [-0.2, 0) is 6.42 Å². The maximum Gasteiger partial charge on any atom is 0.123 e. The molecule has 1 aromatic rings. The zero-order valence-corrected chi connectivity index (χ0v) is 8.96. The fraction of sp³-hybridized carbons (Fsp3) is 0.500. The van der Waals surface area contributed by atoms with Crippen molar-refractivity contribution in [2.45, 2.75) is 25.4 Å². The van der Waals surface area contributed by atoms with Crippen LogP contribution in [0, 0.1) is 5.82 Å². The van der Waals surface area contributed by atoms with Gasteiger partial charge in [0.2, 0.25) is 0 Å².